The monoisotopic (exact) mass is 442 g/mol. The molecule has 0 spiro atoms. The Labute approximate surface area is 179 Å². The second kappa shape index (κ2) is 8.11. The van der Waals surface area contributed by atoms with E-state index < -0.39 is 21.3 Å². The van der Waals surface area contributed by atoms with E-state index in [0.717, 1.165) is 24.1 Å². The lowest BCUT2D eigenvalue weighted by Gasteiger charge is -2.40. The highest BCUT2D eigenvalue weighted by molar-refractivity contribution is 7.92. The van der Waals surface area contributed by atoms with Crippen molar-refractivity contribution < 1.29 is 22.0 Å². The number of hydrogen-bond acceptors (Lipinski definition) is 3. The van der Waals surface area contributed by atoms with Gasteiger partial charge >= 0.3 is 0 Å². The van der Waals surface area contributed by atoms with Crippen LogP contribution in [0.3, 0.4) is 0 Å². The van der Waals surface area contributed by atoms with Crippen LogP contribution in [0.4, 0.5) is 20.2 Å². The second-order valence-corrected chi connectivity index (χ2v) is 9.22. The third-order valence-corrected chi connectivity index (χ3v) is 6.95. The predicted octanol–water partition coefficient (Wildman–Crippen LogP) is 4.83. The van der Waals surface area contributed by atoms with Gasteiger partial charge in [-0.15, -0.1) is 0 Å². The van der Waals surface area contributed by atoms with E-state index in [4.69, 9.17) is 0 Å². The van der Waals surface area contributed by atoms with Crippen LogP contribution in [-0.2, 0) is 20.2 Å². The van der Waals surface area contributed by atoms with Crippen LogP contribution in [0.5, 0.6) is 0 Å². The van der Waals surface area contributed by atoms with Crippen molar-refractivity contribution in [3.63, 3.8) is 0 Å². The molecule has 160 valence electrons. The van der Waals surface area contributed by atoms with Crippen LogP contribution in [0.15, 0.2) is 77.7 Å². The Morgan fingerprint density at radius 2 is 1.29 bits per heavy atom. The molecule has 0 bridgehead atoms. The van der Waals surface area contributed by atoms with E-state index in [2.05, 4.69) is 10.0 Å². The van der Waals surface area contributed by atoms with Gasteiger partial charge in [-0.25, -0.2) is 17.2 Å². The number of carbonyl (C=O) groups is 1. The van der Waals surface area contributed by atoms with Crippen LogP contribution in [0.25, 0.3) is 0 Å². The van der Waals surface area contributed by atoms with Crippen LogP contribution in [0, 0.1) is 11.6 Å². The lowest BCUT2D eigenvalue weighted by Crippen LogP contribution is -2.46. The average molecular weight is 442 g/mol. The molecule has 0 heterocycles. The molecule has 0 aliphatic heterocycles. The molecule has 4 rings (SSSR count). The first-order valence-electron chi connectivity index (χ1n) is 9.74. The van der Waals surface area contributed by atoms with Crippen molar-refractivity contribution in [2.45, 2.75) is 29.6 Å². The van der Waals surface area contributed by atoms with Gasteiger partial charge in [-0.1, -0.05) is 18.6 Å². The van der Waals surface area contributed by atoms with E-state index in [0.29, 0.717) is 24.2 Å². The molecule has 0 aromatic heterocycles. The second-order valence-electron chi connectivity index (χ2n) is 7.53. The van der Waals surface area contributed by atoms with Gasteiger partial charge in [-0.05, 0) is 79.1 Å². The fourth-order valence-electron chi connectivity index (χ4n) is 3.65. The van der Waals surface area contributed by atoms with Gasteiger partial charge in [0.2, 0.25) is 5.91 Å². The Hall–Kier alpha value is -3.26. The van der Waals surface area contributed by atoms with Crippen molar-refractivity contribution in [3.8, 4) is 0 Å². The molecule has 8 heteroatoms. The van der Waals surface area contributed by atoms with E-state index in [1.54, 1.807) is 24.3 Å². The molecular weight excluding hydrogens is 422 g/mol. The van der Waals surface area contributed by atoms with Crippen molar-refractivity contribution in [1.82, 2.24) is 0 Å². The number of benzene rings is 3. The summed E-state index contributed by atoms with van der Waals surface area (Å²) in [5, 5.41) is 2.87. The van der Waals surface area contributed by atoms with Gasteiger partial charge in [0.25, 0.3) is 10.0 Å². The Kier molecular flexibility index (Phi) is 5.49. The largest absolute Gasteiger partial charge is 0.325 e. The van der Waals surface area contributed by atoms with E-state index in [1.165, 1.54) is 36.4 Å². The minimum absolute atomic E-state index is 0.0579. The molecule has 31 heavy (non-hydrogen) atoms. The zero-order chi connectivity index (χ0) is 22.1. The van der Waals surface area contributed by atoms with Gasteiger partial charge in [0, 0.05) is 11.4 Å². The van der Waals surface area contributed by atoms with E-state index >= 15 is 0 Å². The first-order chi connectivity index (χ1) is 14.8. The lowest BCUT2D eigenvalue weighted by atomic mass is 9.64. The first-order valence-corrected chi connectivity index (χ1v) is 11.2. The summed E-state index contributed by atoms with van der Waals surface area (Å²) in [6.07, 6.45) is 2.27. The van der Waals surface area contributed by atoms with Gasteiger partial charge in [-0.3, -0.25) is 9.52 Å². The maximum absolute atomic E-state index is 13.3. The molecule has 0 saturated heterocycles. The van der Waals surface area contributed by atoms with Crippen molar-refractivity contribution in [2.75, 3.05) is 10.0 Å². The average Bonchev–Trinajstić information content (AvgIpc) is 2.70. The minimum atomic E-state index is -3.86. The number of nitrogens with one attached hydrogen (secondary N) is 2. The number of amides is 1. The number of anilines is 2. The Balaban J connectivity index is 1.46. The van der Waals surface area contributed by atoms with Gasteiger partial charge in [-0.2, -0.15) is 0 Å². The summed E-state index contributed by atoms with van der Waals surface area (Å²) in [4.78, 5) is 12.9. The number of carbonyl (C=O) groups excluding carboxylic acids is 1. The molecule has 5 nitrogen and oxygen atoms in total. The van der Waals surface area contributed by atoms with E-state index in [9.17, 15) is 22.0 Å². The van der Waals surface area contributed by atoms with E-state index in [-0.39, 0.29) is 16.6 Å². The molecule has 3 aromatic rings. The van der Waals surface area contributed by atoms with Gasteiger partial charge in [0.15, 0.2) is 0 Å². The van der Waals surface area contributed by atoms with Crippen LogP contribution >= 0.6 is 0 Å². The van der Waals surface area contributed by atoms with Crippen molar-refractivity contribution >= 4 is 27.3 Å². The highest BCUT2D eigenvalue weighted by Gasteiger charge is 2.45. The molecule has 1 fully saturated rings. The predicted molar refractivity (Wildman–Crippen MR) is 114 cm³/mol. The highest BCUT2D eigenvalue weighted by atomic mass is 32.2. The summed E-state index contributed by atoms with van der Waals surface area (Å²) in [6.45, 7) is 0. The number of rotatable bonds is 6. The maximum atomic E-state index is 13.3. The van der Waals surface area contributed by atoms with Crippen molar-refractivity contribution in [2.24, 2.45) is 0 Å². The molecule has 1 aliphatic carbocycles. The zero-order valence-corrected chi connectivity index (χ0v) is 17.3. The Morgan fingerprint density at radius 1 is 0.774 bits per heavy atom. The quantitative estimate of drug-likeness (QED) is 0.574. The molecule has 1 amide bonds. The summed E-state index contributed by atoms with van der Waals surface area (Å²) in [5.41, 5.74) is 0.917. The normalized spacial score (nSPS) is 15.0. The minimum Gasteiger partial charge on any atom is -0.325 e. The number of sulfonamides is 1. The van der Waals surface area contributed by atoms with Crippen LogP contribution in [-0.4, -0.2) is 14.3 Å². The molecule has 0 radical (unpaired) electrons. The van der Waals surface area contributed by atoms with Crippen LogP contribution in [0.2, 0.25) is 0 Å². The zero-order valence-electron chi connectivity index (χ0n) is 16.4. The SMILES string of the molecule is O=C(Nc1ccc(NS(=O)(=O)c2ccc(F)cc2)cc1)C1(c2ccc(F)cc2)CCC1. The molecule has 2 N–H and O–H groups in total. The van der Waals surface area contributed by atoms with Gasteiger partial charge in [0.05, 0.1) is 10.3 Å². The van der Waals surface area contributed by atoms with Crippen LogP contribution < -0.4 is 10.0 Å². The maximum Gasteiger partial charge on any atom is 0.261 e. The van der Waals surface area contributed by atoms with Crippen molar-refractivity contribution in [1.29, 1.82) is 0 Å². The summed E-state index contributed by atoms with van der Waals surface area (Å²) < 4.78 is 53.5. The van der Waals surface area contributed by atoms with Crippen molar-refractivity contribution in [3.05, 3.63) is 90.0 Å². The van der Waals surface area contributed by atoms with Gasteiger partial charge < -0.3 is 5.32 Å². The topological polar surface area (TPSA) is 75.3 Å². The highest BCUT2D eigenvalue weighted by Crippen LogP contribution is 2.44. The summed E-state index contributed by atoms with van der Waals surface area (Å²) in [5.74, 6) is -1.05. The summed E-state index contributed by atoms with van der Waals surface area (Å²) in [6, 6.07) is 16.7. The molecule has 0 atom stereocenters. The summed E-state index contributed by atoms with van der Waals surface area (Å²) >= 11 is 0. The fourth-order valence-corrected chi connectivity index (χ4v) is 4.70. The first kappa shape index (κ1) is 21.0. The summed E-state index contributed by atoms with van der Waals surface area (Å²) in [7, 11) is -3.86. The molecule has 0 unspecified atom stereocenters. The van der Waals surface area contributed by atoms with Crippen LogP contribution in [0.1, 0.15) is 24.8 Å². The Morgan fingerprint density at radius 3 is 1.81 bits per heavy atom. The molecular formula is C23H20F2N2O3S. The standard InChI is InChI=1S/C23H20F2N2O3S/c24-17-4-2-16(3-5-17)23(14-1-15-23)22(28)26-19-8-10-20(11-9-19)27-31(29,30)21-12-6-18(25)7-13-21/h2-13,27H,1,14-15H2,(H,26,28). The van der Waals surface area contributed by atoms with E-state index in [1.807, 2.05) is 0 Å². The number of halogens is 2. The third-order valence-electron chi connectivity index (χ3n) is 5.56. The smallest absolute Gasteiger partial charge is 0.261 e. The Bertz CT molecular complexity index is 1190. The molecule has 3 aromatic carbocycles. The fraction of sp³-hybridized carbons (Fsp3) is 0.174. The molecule has 1 saturated carbocycles. The molecule has 1 aliphatic rings. The third kappa shape index (κ3) is 4.29. The lowest BCUT2D eigenvalue weighted by molar-refractivity contribution is -0.124. The van der Waals surface area contributed by atoms with Gasteiger partial charge in [0.1, 0.15) is 11.6 Å². The number of hydrogen-bond donors (Lipinski definition) is 2.